The van der Waals surface area contributed by atoms with Crippen LogP contribution in [0.4, 0.5) is 0 Å². The molecule has 0 fully saturated rings. The summed E-state index contributed by atoms with van der Waals surface area (Å²) in [6.45, 7) is 3.51. The van der Waals surface area contributed by atoms with Crippen molar-refractivity contribution in [2.45, 2.75) is 20.0 Å². The first kappa shape index (κ1) is 15.5. The summed E-state index contributed by atoms with van der Waals surface area (Å²) in [5, 5.41) is 20.4. The third-order valence-corrected chi connectivity index (χ3v) is 5.62. The molecule has 1 aromatic carbocycles. The van der Waals surface area contributed by atoms with Gasteiger partial charge in [0, 0.05) is 10.4 Å². The van der Waals surface area contributed by atoms with Crippen molar-refractivity contribution in [1.82, 2.24) is 0 Å². The molecule has 0 aliphatic heterocycles. The first-order valence-corrected chi connectivity index (χ1v) is 7.77. The molecule has 0 aliphatic carbocycles. The Morgan fingerprint density at radius 2 is 1.95 bits per heavy atom. The standard InChI is InChI=1S/C14H12BrClO3S/c1-6-3-4-7(2)11(14(18)19)10(6)12(17)9-5-8(16)13(15)20-9/h3-5,12,17H,1-2H3,(H,18,19). The van der Waals surface area contributed by atoms with Crippen molar-refractivity contribution in [3.8, 4) is 0 Å². The maximum Gasteiger partial charge on any atom is 0.336 e. The Hall–Kier alpha value is -0.880. The molecule has 3 nitrogen and oxygen atoms in total. The fourth-order valence-corrected chi connectivity index (χ4v) is 3.85. The zero-order valence-electron chi connectivity index (χ0n) is 10.8. The van der Waals surface area contributed by atoms with Crippen molar-refractivity contribution < 1.29 is 15.0 Å². The molecule has 2 rings (SSSR count). The lowest BCUT2D eigenvalue weighted by atomic mass is 9.93. The van der Waals surface area contributed by atoms with Gasteiger partial charge in [0.05, 0.1) is 14.4 Å². The van der Waals surface area contributed by atoms with E-state index in [1.807, 2.05) is 6.07 Å². The Labute approximate surface area is 134 Å². The van der Waals surface area contributed by atoms with E-state index < -0.39 is 12.1 Å². The number of hydrogen-bond acceptors (Lipinski definition) is 3. The lowest BCUT2D eigenvalue weighted by molar-refractivity contribution is 0.0690. The molecule has 0 amide bonds. The van der Waals surface area contributed by atoms with Crippen LogP contribution < -0.4 is 0 Å². The van der Waals surface area contributed by atoms with Gasteiger partial charge in [-0.15, -0.1) is 11.3 Å². The van der Waals surface area contributed by atoms with Gasteiger partial charge in [0.25, 0.3) is 0 Å². The molecule has 20 heavy (non-hydrogen) atoms. The van der Waals surface area contributed by atoms with Crippen LogP contribution in [-0.2, 0) is 0 Å². The SMILES string of the molecule is Cc1ccc(C)c(C(O)c2cc(Cl)c(Br)s2)c1C(=O)O. The van der Waals surface area contributed by atoms with Crippen LogP contribution >= 0.6 is 38.9 Å². The highest BCUT2D eigenvalue weighted by Crippen LogP contribution is 2.39. The number of aliphatic hydroxyl groups is 1. The van der Waals surface area contributed by atoms with Crippen LogP contribution in [0.2, 0.25) is 5.02 Å². The Bertz CT molecular complexity index is 662. The summed E-state index contributed by atoms with van der Waals surface area (Å²) in [5.41, 5.74) is 1.93. The number of aryl methyl sites for hydroxylation is 2. The van der Waals surface area contributed by atoms with Crippen LogP contribution in [0.3, 0.4) is 0 Å². The molecule has 1 aromatic heterocycles. The van der Waals surface area contributed by atoms with Gasteiger partial charge in [-0.3, -0.25) is 0 Å². The summed E-state index contributed by atoms with van der Waals surface area (Å²) in [5.74, 6) is -1.04. The third-order valence-electron chi connectivity index (χ3n) is 3.09. The predicted molar refractivity (Wildman–Crippen MR) is 84.0 cm³/mol. The molecule has 1 unspecified atom stereocenters. The quantitative estimate of drug-likeness (QED) is 0.827. The minimum absolute atomic E-state index is 0.151. The van der Waals surface area contributed by atoms with E-state index in [9.17, 15) is 15.0 Å². The van der Waals surface area contributed by atoms with E-state index in [-0.39, 0.29) is 5.56 Å². The monoisotopic (exact) mass is 374 g/mol. The fraction of sp³-hybridized carbons (Fsp3) is 0.214. The van der Waals surface area contributed by atoms with Gasteiger partial charge in [-0.25, -0.2) is 4.79 Å². The van der Waals surface area contributed by atoms with Crippen LogP contribution in [0.15, 0.2) is 22.0 Å². The van der Waals surface area contributed by atoms with Crippen LogP contribution in [0.5, 0.6) is 0 Å². The van der Waals surface area contributed by atoms with Gasteiger partial charge >= 0.3 is 5.97 Å². The molecule has 0 bridgehead atoms. The topological polar surface area (TPSA) is 57.5 Å². The Morgan fingerprint density at radius 3 is 2.45 bits per heavy atom. The van der Waals surface area contributed by atoms with Crippen LogP contribution in [0.25, 0.3) is 0 Å². The van der Waals surface area contributed by atoms with Crippen LogP contribution in [0, 0.1) is 13.8 Å². The normalized spacial score (nSPS) is 12.4. The number of thiophene rings is 1. The van der Waals surface area contributed by atoms with Crippen molar-refractivity contribution in [2.75, 3.05) is 0 Å². The Balaban J connectivity index is 2.62. The Kier molecular flexibility index (Phi) is 4.54. The van der Waals surface area contributed by atoms with E-state index in [1.165, 1.54) is 11.3 Å². The number of aliphatic hydroxyl groups excluding tert-OH is 1. The smallest absolute Gasteiger partial charge is 0.336 e. The third kappa shape index (κ3) is 2.76. The van der Waals surface area contributed by atoms with Gasteiger partial charge in [-0.2, -0.15) is 0 Å². The number of hydrogen-bond donors (Lipinski definition) is 2. The first-order chi connectivity index (χ1) is 9.32. The van der Waals surface area contributed by atoms with Gasteiger partial charge in [0.15, 0.2) is 0 Å². The molecule has 0 radical (unpaired) electrons. The molecule has 0 saturated heterocycles. The van der Waals surface area contributed by atoms with Gasteiger partial charge < -0.3 is 10.2 Å². The highest BCUT2D eigenvalue weighted by atomic mass is 79.9. The van der Waals surface area contributed by atoms with E-state index >= 15 is 0 Å². The second-order valence-corrected chi connectivity index (χ2v) is 7.28. The summed E-state index contributed by atoms with van der Waals surface area (Å²) in [7, 11) is 0. The molecule has 6 heteroatoms. The molecule has 1 heterocycles. The molecule has 0 saturated carbocycles. The largest absolute Gasteiger partial charge is 0.478 e. The summed E-state index contributed by atoms with van der Waals surface area (Å²) in [6, 6.07) is 5.20. The molecule has 2 N–H and O–H groups in total. The average Bonchev–Trinajstić information content (AvgIpc) is 2.71. The van der Waals surface area contributed by atoms with Gasteiger partial charge in [0.2, 0.25) is 0 Å². The van der Waals surface area contributed by atoms with Gasteiger partial charge in [-0.05, 0) is 47.0 Å². The van der Waals surface area contributed by atoms with Crippen molar-refractivity contribution in [3.63, 3.8) is 0 Å². The fourth-order valence-electron chi connectivity index (χ4n) is 2.11. The van der Waals surface area contributed by atoms with Crippen molar-refractivity contribution in [1.29, 1.82) is 0 Å². The minimum Gasteiger partial charge on any atom is -0.478 e. The van der Waals surface area contributed by atoms with Crippen LogP contribution in [0.1, 0.15) is 38.0 Å². The maximum atomic E-state index is 11.5. The maximum absolute atomic E-state index is 11.5. The number of rotatable bonds is 3. The van der Waals surface area contributed by atoms with E-state index in [2.05, 4.69) is 15.9 Å². The number of benzene rings is 1. The number of aromatic carboxylic acids is 1. The number of carboxylic acid groups (broad SMARTS) is 1. The molecule has 0 spiro atoms. The highest BCUT2D eigenvalue weighted by molar-refractivity contribution is 9.11. The van der Waals surface area contributed by atoms with Gasteiger partial charge in [0.1, 0.15) is 6.10 Å². The van der Waals surface area contributed by atoms with E-state index in [1.54, 1.807) is 26.0 Å². The molecule has 0 aliphatic rings. The molecular weight excluding hydrogens is 364 g/mol. The lowest BCUT2D eigenvalue weighted by Crippen LogP contribution is -2.11. The molecular formula is C14H12BrClO3S. The summed E-state index contributed by atoms with van der Waals surface area (Å²) < 4.78 is 0.718. The van der Waals surface area contributed by atoms with Crippen molar-refractivity contribution in [3.05, 3.63) is 54.1 Å². The van der Waals surface area contributed by atoms with E-state index in [4.69, 9.17) is 11.6 Å². The second kappa shape index (κ2) is 5.85. The van der Waals surface area contributed by atoms with E-state index in [0.29, 0.717) is 21.0 Å². The first-order valence-electron chi connectivity index (χ1n) is 5.79. The summed E-state index contributed by atoms with van der Waals surface area (Å²) >= 11 is 10.6. The molecule has 2 aromatic rings. The van der Waals surface area contributed by atoms with Crippen LogP contribution in [-0.4, -0.2) is 16.2 Å². The number of carbonyl (C=O) groups is 1. The molecule has 106 valence electrons. The Morgan fingerprint density at radius 1 is 1.35 bits per heavy atom. The van der Waals surface area contributed by atoms with Crippen molar-refractivity contribution in [2.24, 2.45) is 0 Å². The number of carboxylic acids is 1. The second-order valence-electron chi connectivity index (χ2n) is 4.47. The zero-order chi connectivity index (χ0) is 15.0. The minimum atomic E-state index is -1.04. The highest BCUT2D eigenvalue weighted by Gasteiger charge is 2.24. The zero-order valence-corrected chi connectivity index (χ0v) is 13.9. The summed E-state index contributed by atoms with van der Waals surface area (Å²) in [6.07, 6.45) is -1.00. The van der Waals surface area contributed by atoms with Gasteiger partial charge in [-0.1, -0.05) is 23.7 Å². The van der Waals surface area contributed by atoms with Crippen molar-refractivity contribution >= 4 is 44.8 Å². The number of halogens is 2. The average molecular weight is 376 g/mol. The van der Waals surface area contributed by atoms with E-state index in [0.717, 1.165) is 9.35 Å². The predicted octanol–water partition coefficient (Wildman–Crippen LogP) is 4.56. The lowest BCUT2D eigenvalue weighted by Gasteiger charge is -2.17. The summed E-state index contributed by atoms with van der Waals surface area (Å²) in [4.78, 5) is 12.1. The molecule has 1 atom stereocenters.